The first-order valence-electron chi connectivity index (χ1n) is 11.6. The number of hydrogen-bond acceptors (Lipinski definition) is 5. The molecule has 0 saturated heterocycles. The molecule has 0 radical (unpaired) electrons. The zero-order valence-electron chi connectivity index (χ0n) is 20.5. The number of amides is 1. The van der Waals surface area contributed by atoms with Crippen LogP contribution in [0, 0.1) is 17.1 Å². The second-order valence-corrected chi connectivity index (χ2v) is 10.1. The van der Waals surface area contributed by atoms with E-state index in [1.165, 1.54) is 21.9 Å². The lowest BCUT2D eigenvalue weighted by Crippen LogP contribution is -2.37. The van der Waals surface area contributed by atoms with Crippen molar-refractivity contribution in [3.05, 3.63) is 75.0 Å². The predicted octanol–water partition coefficient (Wildman–Crippen LogP) is 5.25. The molecular formula is C26H25F4N5OS. The summed E-state index contributed by atoms with van der Waals surface area (Å²) in [7, 11) is 3.73. The van der Waals surface area contributed by atoms with Crippen molar-refractivity contribution in [2.75, 3.05) is 27.2 Å². The maximum absolute atomic E-state index is 15.4. The van der Waals surface area contributed by atoms with Crippen molar-refractivity contribution >= 4 is 17.2 Å². The van der Waals surface area contributed by atoms with E-state index in [0.717, 1.165) is 11.3 Å². The summed E-state index contributed by atoms with van der Waals surface area (Å²) in [6.45, 7) is 2.64. The smallest absolute Gasteiger partial charge is 0.333 e. The fourth-order valence-corrected chi connectivity index (χ4v) is 5.54. The molecule has 0 fully saturated rings. The molecule has 3 aromatic rings. The maximum Gasteiger partial charge on any atom is 0.435 e. The number of aryl methyl sites for hydroxylation is 1. The Hall–Kier alpha value is -3.49. The first-order chi connectivity index (χ1) is 17.5. The molecule has 1 amide bonds. The van der Waals surface area contributed by atoms with Gasteiger partial charge >= 0.3 is 6.18 Å². The van der Waals surface area contributed by atoms with Gasteiger partial charge in [0.1, 0.15) is 10.9 Å². The minimum atomic E-state index is -4.69. The lowest BCUT2D eigenvalue weighted by atomic mass is 9.83. The number of nitriles is 1. The molecule has 0 bridgehead atoms. The summed E-state index contributed by atoms with van der Waals surface area (Å²) in [4.78, 5) is 16.8. The minimum Gasteiger partial charge on any atom is -0.333 e. The SMILES string of the molecule is CCn1cc(-c2ccccc2C2CN(C(=O)/C=C/CN(C)C)Cc3sc(C#N)c(F)c32)c(C(F)(F)F)n1. The van der Waals surface area contributed by atoms with Gasteiger partial charge in [-0.05, 0) is 32.1 Å². The van der Waals surface area contributed by atoms with Crippen LogP contribution in [0.5, 0.6) is 0 Å². The van der Waals surface area contributed by atoms with Crippen molar-refractivity contribution in [2.24, 2.45) is 0 Å². The summed E-state index contributed by atoms with van der Waals surface area (Å²) in [5.74, 6) is -1.74. The van der Waals surface area contributed by atoms with Crippen LogP contribution < -0.4 is 0 Å². The quantitative estimate of drug-likeness (QED) is 0.322. The van der Waals surface area contributed by atoms with Crippen molar-refractivity contribution in [1.29, 1.82) is 5.26 Å². The molecule has 0 aliphatic carbocycles. The lowest BCUT2D eigenvalue weighted by molar-refractivity contribution is -0.141. The molecule has 2 aromatic heterocycles. The van der Waals surface area contributed by atoms with E-state index < -0.39 is 23.6 Å². The van der Waals surface area contributed by atoms with Gasteiger partial charge in [-0.15, -0.1) is 11.3 Å². The van der Waals surface area contributed by atoms with E-state index in [4.69, 9.17) is 0 Å². The Morgan fingerprint density at radius 2 is 2.03 bits per heavy atom. The van der Waals surface area contributed by atoms with Crippen LogP contribution in [0.15, 0.2) is 42.6 Å². The van der Waals surface area contributed by atoms with Gasteiger partial charge in [-0.3, -0.25) is 9.48 Å². The number of benzene rings is 1. The number of hydrogen-bond donors (Lipinski definition) is 0. The maximum atomic E-state index is 15.4. The molecule has 37 heavy (non-hydrogen) atoms. The zero-order chi connectivity index (χ0) is 26.9. The van der Waals surface area contributed by atoms with E-state index in [-0.39, 0.29) is 47.1 Å². The second-order valence-electron chi connectivity index (χ2n) is 8.96. The number of carbonyl (C=O) groups excluding carboxylic acids is 1. The van der Waals surface area contributed by atoms with E-state index >= 15 is 4.39 Å². The number of thiophene rings is 1. The monoisotopic (exact) mass is 531 g/mol. The number of nitrogens with zero attached hydrogens (tertiary/aromatic N) is 5. The average Bonchev–Trinajstić information content (AvgIpc) is 3.44. The number of fused-ring (bicyclic) bond motifs is 1. The van der Waals surface area contributed by atoms with Crippen LogP contribution in [-0.4, -0.2) is 52.7 Å². The van der Waals surface area contributed by atoms with Gasteiger partial charge in [-0.1, -0.05) is 30.3 Å². The van der Waals surface area contributed by atoms with Crippen molar-refractivity contribution < 1.29 is 22.4 Å². The Kier molecular flexibility index (Phi) is 7.52. The summed E-state index contributed by atoms with van der Waals surface area (Å²) >= 11 is 0.968. The van der Waals surface area contributed by atoms with Crippen LogP contribution in [0.25, 0.3) is 11.1 Å². The van der Waals surface area contributed by atoms with Gasteiger partial charge in [0.05, 0.1) is 6.54 Å². The standard InChI is InChI=1S/C26H25F4N5OS/c1-4-35-14-19(25(32-35)26(28,29)30)17-9-6-5-8-16(17)18-13-34(22(36)10-7-11-33(2)3)15-21-23(18)24(27)20(12-31)37-21/h5-10,14,18H,4,11,13,15H2,1-3H3/b10-7+. The molecule has 1 unspecified atom stereocenters. The Morgan fingerprint density at radius 3 is 2.68 bits per heavy atom. The van der Waals surface area contributed by atoms with Crippen LogP contribution in [0.3, 0.4) is 0 Å². The van der Waals surface area contributed by atoms with Gasteiger partial charge in [0.15, 0.2) is 11.5 Å². The van der Waals surface area contributed by atoms with E-state index in [0.29, 0.717) is 17.0 Å². The molecule has 194 valence electrons. The van der Waals surface area contributed by atoms with Crippen molar-refractivity contribution in [3.63, 3.8) is 0 Å². The summed E-state index contributed by atoms with van der Waals surface area (Å²) in [6, 6.07) is 8.34. The molecule has 6 nitrogen and oxygen atoms in total. The van der Waals surface area contributed by atoms with Crippen LogP contribution in [0.4, 0.5) is 17.6 Å². The summed E-state index contributed by atoms with van der Waals surface area (Å²) < 4.78 is 58.4. The summed E-state index contributed by atoms with van der Waals surface area (Å²) in [6.07, 6.45) is -0.203. The van der Waals surface area contributed by atoms with Crippen molar-refractivity contribution in [2.45, 2.75) is 32.1 Å². The lowest BCUT2D eigenvalue weighted by Gasteiger charge is -2.33. The Morgan fingerprint density at radius 1 is 1.30 bits per heavy atom. The summed E-state index contributed by atoms with van der Waals surface area (Å²) in [5, 5.41) is 13.2. The first-order valence-corrected chi connectivity index (χ1v) is 12.4. The van der Waals surface area contributed by atoms with Crippen LogP contribution in [0.1, 0.15) is 39.4 Å². The largest absolute Gasteiger partial charge is 0.435 e. The highest BCUT2D eigenvalue weighted by Crippen LogP contribution is 2.45. The topological polar surface area (TPSA) is 65.2 Å². The van der Waals surface area contributed by atoms with Gasteiger partial charge in [-0.2, -0.15) is 23.5 Å². The molecule has 0 spiro atoms. The van der Waals surface area contributed by atoms with Gasteiger partial charge in [-0.25, -0.2) is 4.39 Å². The van der Waals surface area contributed by atoms with E-state index in [9.17, 15) is 23.2 Å². The molecular weight excluding hydrogens is 506 g/mol. The van der Waals surface area contributed by atoms with Gasteiger partial charge in [0.2, 0.25) is 5.91 Å². The van der Waals surface area contributed by atoms with Crippen molar-refractivity contribution in [3.8, 4) is 17.2 Å². The average molecular weight is 532 g/mol. The van der Waals surface area contributed by atoms with Crippen molar-refractivity contribution in [1.82, 2.24) is 19.6 Å². The molecule has 11 heteroatoms. The molecule has 1 aliphatic rings. The number of halogens is 4. The molecule has 1 atom stereocenters. The highest BCUT2D eigenvalue weighted by Gasteiger charge is 2.40. The predicted molar refractivity (Wildman–Crippen MR) is 132 cm³/mol. The fourth-order valence-electron chi connectivity index (χ4n) is 4.48. The molecule has 0 saturated carbocycles. The second kappa shape index (κ2) is 10.5. The van der Waals surface area contributed by atoms with E-state index in [1.54, 1.807) is 37.3 Å². The zero-order valence-corrected chi connectivity index (χ0v) is 21.3. The number of alkyl halides is 3. The number of rotatable bonds is 6. The van der Waals surface area contributed by atoms with Crippen LogP contribution in [0.2, 0.25) is 0 Å². The Labute approximate surface area is 216 Å². The molecule has 3 heterocycles. The molecule has 4 rings (SSSR count). The van der Waals surface area contributed by atoms with Gasteiger partial charge < -0.3 is 9.80 Å². The summed E-state index contributed by atoms with van der Waals surface area (Å²) in [5.41, 5.74) is -0.197. The van der Waals surface area contributed by atoms with Crippen LogP contribution >= 0.6 is 11.3 Å². The molecule has 1 aliphatic heterocycles. The minimum absolute atomic E-state index is 0.0525. The number of likely N-dealkylation sites (N-methyl/N-ethyl adjacent to an activating group) is 1. The number of carbonyl (C=O) groups is 1. The van der Waals surface area contributed by atoms with Gasteiger partial charge in [0, 0.05) is 53.8 Å². The molecule has 1 aromatic carbocycles. The first kappa shape index (κ1) is 26.6. The number of aromatic nitrogens is 2. The van der Waals surface area contributed by atoms with Crippen LogP contribution in [-0.2, 0) is 24.1 Å². The third-order valence-electron chi connectivity index (χ3n) is 6.17. The highest BCUT2D eigenvalue weighted by atomic mass is 32.1. The fraction of sp³-hybridized carbons (Fsp3) is 0.346. The Balaban J connectivity index is 1.85. The Bertz CT molecular complexity index is 1380. The van der Waals surface area contributed by atoms with E-state index in [2.05, 4.69) is 5.10 Å². The highest BCUT2D eigenvalue weighted by molar-refractivity contribution is 7.12. The van der Waals surface area contributed by atoms with Gasteiger partial charge in [0.25, 0.3) is 0 Å². The normalized spacial score (nSPS) is 15.9. The third-order valence-corrected chi connectivity index (χ3v) is 7.24. The third kappa shape index (κ3) is 5.31. The van der Waals surface area contributed by atoms with E-state index in [1.807, 2.05) is 25.1 Å². The molecule has 0 N–H and O–H groups in total.